The first kappa shape index (κ1) is 14.1. The quantitative estimate of drug-likeness (QED) is 0.881. The molecule has 1 unspecified atom stereocenters. The zero-order valence-corrected chi connectivity index (χ0v) is 12.1. The summed E-state index contributed by atoms with van der Waals surface area (Å²) in [6.45, 7) is 3.92. The van der Waals surface area contributed by atoms with Crippen molar-refractivity contribution in [3.63, 3.8) is 0 Å². The van der Waals surface area contributed by atoms with Gasteiger partial charge in [-0.3, -0.25) is 0 Å². The largest absolute Gasteiger partial charge is 0.476 e. The minimum absolute atomic E-state index is 0.506. The van der Waals surface area contributed by atoms with E-state index in [1.54, 1.807) is 0 Å². The lowest BCUT2D eigenvalue weighted by Crippen LogP contribution is -2.40. The summed E-state index contributed by atoms with van der Waals surface area (Å²) < 4.78 is 5.87. The molecule has 0 aromatic carbocycles. The Morgan fingerprint density at radius 2 is 2.26 bits per heavy atom. The first-order valence-electron chi connectivity index (χ1n) is 7.11. The first-order valence-corrected chi connectivity index (χ1v) is 7.11. The van der Waals surface area contributed by atoms with E-state index in [1.165, 1.54) is 25.8 Å². The third kappa shape index (κ3) is 3.80. The van der Waals surface area contributed by atoms with Crippen LogP contribution in [-0.2, 0) is 6.42 Å². The second-order valence-corrected chi connectivity index (χ2v) is 5.05. The monoisotopic (exact) mass is 264 g/mol. The van der Waals surface area contributed by atoms with Gasteiger partial charge in [-0.2, -0.15) is 4.98 Å². The Bertz CT molecular complexity index is 388. The molecule has 1 N–H and O–H groups in total. The molecule has 0 saturated carbocycles. The highest BCUT2D eigenvalue weighted by atomic mass is 16.5. The Morgan fingerprint density at radius 1 is 1.42 bits per heavy atom. The van der Waals surface area contributed by atoms with Crippen LogP contribution in [0.15, 0.2) is 6.07 Å². The molecule has 106 valence electrons. The van der Waals surface area contributed by atoms with Crippen LogP contribution in [0.2, 0.25) is 0 Å². The molecule has 1 aliphatic rings. The maximum absolute atomic E-state index is 5.87. The van der Waals surface area contributed by atoms with Crippen molar-refractivity contribution in [3.8, 4) is 5.88 Å². The van der Waals surface area contributed by atoms with Gasteiger partial charge in [0, 0.05) is 25.6 Å². The minimum Gasteiger partial charge on any atom is -0.476 e. The van der Waals surface area contributed by atoms with E-state index in [-0.39, 0.29) is 0 Å². The van der Waals surface area contributed by atoms with Crippen molar-refractivity contribution in [2.24, 2.45) is 0 Å². The summed E-state index contributed by atoms with van der Waals surface area (Å²) in [4.78, 5) is 11.2. The van der Waals surface area contributed by atoms with Crippen molar-refractivity contribution in [2.45, 2.75) is 38.6 Å². The number of nitrogens with zero attached hydrogens (tertiary/aromatic N) is 3. The van der Waals surface area contributed by atoms with E-state index in [9.17, 15) is 0 Å². The van der Waals surface area contributed by atoms with Gasteiger partial charge < -0.3 is 15.0 Å². The molecule has 1 aromatic rings. The molecular weight excluding hydrogens is 240 g/mol. The highest BCUT2D eigenvalue weighted by Gasteiger charge is 2.19. The van der Waals surface area contributed by atoms with E-state index in [2.05, 4.69) is 27.2 Å². The second kappa shape index (κ2) is 6.70. The number of hydrogen-bond acceptors (Lipinski definition) is 5. The smallest absolute Gasteiger partial charge is 0.218 e. The summed E-state index contributed by atoms with van der Waals surface area (Å²) in [7, 11) is 4.03. The van der Waals surface area contributed by atoms with Crippen LogP contribution in [-0.4, -0.2) is 48.2 Å². The van der Waals surface area contributed by atoms with Crippen molar-refractivity contribution in [2.75, 3.05) is 32.6 Å². The second-order valence-electron chi connectivity index (χ2n) is 5.05. The van der Waals surface area contributed by atoms with E-state index < -0.39 is 0 Å². The molecule has 0 amide bonds. The summed E-state index contributed by atoms with van der Waals surface area (Å²) in [5.74, 6) is 2.31. The third-order valence-corrected chi connectivity index (χ3v) is 3.67. The fourth-order valence-electron chi connectivity index (χ4n) is 2.37. The molecule has 19 heavy (non-hydrogen) atoms. The minimum atomic E-state index is 0.506. The molecular formula is C14H24N4O. The van der Waals surface area contributed by atoms with Crippen LogP contribution in [0.1, 0.15) is 32.0 Å². The van der Waals surface area contributed by atoms with E-state index in [1.807, 2.05) is 20.0 Å². The number of likely N-dealkylation sites (tertiary alicyclic amines) is 1. The van der Waals surface area contributed by atoms with Gasteiger partial charge in [0.25, 0.3) is 0 Å². The lowest BCUT2D eigenvalue weighted by Gasteiger charge is -2.31. The van der Waals surface area contributed by atoms with Gasteiger partial charge in [0.15, 0.2) is 0 Å². The molecule has 5 nitrogen and oxygen atoms in total. The molecule has 1 fully saturated rings. The molecule has 1 aromatic heterocycles. The lowest BCUT2D eigenvalue weighted by atomic mass is 10.0. The third-order valence-electron chi connectivity index (χ3n) is 3.67. The van der Waals surface area contributed by atoms with Crippen LogP contribution in [0.5, 0.6) is 5.88 Å². The number of aromatic nitrogens is 2. The van der Waals surface area contributed by atoms with Gasteiger partial charge in [0.1, 0.15) is 18.2 Å². The van der Waals surface area contributed by atoms with Crippen molar-refractivity contribution in [3.05, 3.63) is 11.9 Å². The maximum atomic E-state index is 5.87. The Labute approximate surface area is 115 Å². The first-order chi connectivity index (χ1) is 9.22. The van der Waals surface area contributed by atoms with Crippen molar-refractivity contribution >= 4 is 5.82 Å². The van der Waals surface area contributed by atoms with Crippen LogP contribution in [0.3, 0.4) is 0 Å². The van der Waals surface area contributed by atoms with E-state index in [0.717, 1.165) is 18.1 Å². The number of piperidine rings is 1. The number of nitrogens with one attached hydrogen (secondary N) is 1. The number of ether oxygens (including phenoxy) is 1. The molecule has 0 radical (unpaired) electrons. The fourth-order valence-corrected chi connectivity index (χ4v) is 2.37. The van der Waals surface area contributed by atoms with E-state index in [0.29, 0.717) is 18.5 Å². The number of hydrogen-bond donors (Lipinski definition) is 1. The van der Waals surface area contributed by atoms with Crippen molar-refractivity contribution in [1.82, 2.24) is 14.9 Å². The lowest BCUT2D eigenvalue weighted by molar-refractivity contribution is 0.122. The number of rotatable bonds is 5. The van der Waals surface area contributed by atoms with Crippen LogP contribution in [0, 0.1) is 0 Å². The Morgan fingerprint density at radius 3 is 2.95 bits per heavy atom. The van der Waals surface area contributed by atoms with E-state index >= 15 is 0 Å². The van der Waals surface area contributed by atoms with Crippen molar-refractivity contribution in [1.29, 1.82) is 0 Å². The Balaban J connectivity index is 1.98. The van der Waals surface area contributed by atoms with Gasteiger partial charge in [0.05, 0.1) is 0 Å². The van der Waals surface area contributed by atoms with Gasteiger partial charge in [-0.15, -0.1) is 0 Å². The zero-order chi connectivity index (χ0) is 13.7. The van der Waals surface area contributed by atoms with Crippen LogP contribution in [0.4, 0.5) is 5.82 Å². The molecule has 0 spiro atoms. The molecule has 0 aliphatic carbocycles. The zero-order valence-electron chi connectivity index (χ0n) is 12.1. The predicted octanol–water partition coefficient (Wildman–Crippen LogP) is 1.94. The van der Waals surface area contributed by atoms with Crippen LogP contribution >= 0.6 is 0 Å². The van der Waals surface area contributed by atoms with Crippen LogP contribution < -0.4 is 10.1 Å². The summed E-state index contributed by atoms with van der Waals surface area (Å²) >= 11 is 0. The van der Waals surface area contributed by atoms with Gasteiger partial charge in [-0.05, 0) is 26.4 Å². The SMILES string of the molecule is CCc1nc(NC)cc(OCC2CCCCN2C)n1. The van der Waals surface area contributed by atoms with Gasteiger partial charge >= 0.3 is 0 Å². The number of aryl methyl sites for hydroxylation is 1. The van der Waals surface area contributed by atoms with Gasteiger partial charge in [0.2, 0.25) is 5.88 Å². The maximum Gasteiger partial charge on any atom is 0.218 e. The summed E-state index contributed by atoms with van der Waals surface area (Å²) in [6.07, 6.45) is 4.62. The van der Waals surface area contributed by atoms with E-state index in [4.69, 9.17) is 4.74 Å². The fraction of sp³-hybridized carbons (Fsp3) is 0.714. The molecule has 1 saturated heterocycles. The molecule has 1 atom stereocenters. The number of likely N-dealkylation sites (N-methyl/N-ethyl adjacent to an activating group) is 1. The summed E-state index contributed by atoms with van der Waals surface area (Å²) in [5, 5.41) is 3.05. The predicted molar refractivity (Wildman–Crippen MR) is 76.7 cm³/mol. The van der Waals surface area contributed by atoms with Gasteiger partial charge in [-0.25, -0.2) is 4.98 Å². The molecule has 2 rings (SSSR count). The topological polar surface area (TPSA) is 50.3 Å². The molecule has 0 bridgehead atoms. The Hall–Kier alpha value is -1.36. The van der Waals surface area contributed by atoms with Crippen molar-refractivity contribution < 1.29 is 4.74 Å². The summed E-state index contributed by atoms with van der Waals surface area (Å²) in [6, 6.07) is 2.37. The molecule has 1 aliphatic heterocycles. The normalized spacial score (nSPS) is 20.3. The van der Waals surface area contributed by atoms with Gasteiger partial charge in [-0.1, -0.05) is 13.3 Å². The molecule has 2 heterocycles. The number of anilines is 1. The average molecular weight is 264 g/mol. The Kier molecular flexibility index (Phi) is 4.96. The highest BCUT2D eigenvalue weighted by molar-refractivity contribution is 5.37. The standard InChI is InChI=1S/C14H24N4O/c1-4-12-16-13(15-2)9-14(17-12)19-10-11-7-5-6-8-18(11)3/h9,11H,4-8,10H2,1-3H3,(H,15,16,17). The highest BCUT2D eigenvalue weighted by Crippen LogP contribution is 2.18. The average Bonchev–Trinajstić information content (AvgIpc) is 2.46. The van der Waals surface area contributed by atoms with Crippen LogP contribution in [0.25, 0.3) is 0 Å². The summed E-state index contributed by atoms with van der Waals surface area (Å²) in [5.41, 5.74) is 0. The molecule has 5 heteroatoms.